The van der Waals surface area contributed by atoms with Crippen LogP contribution in [0.1, 0.15) is 51.3 Å². The molecule has 0 heterocycles. The standard InChI is InChI=1S/C30H33NO3/c1-21(2)10-14-26-18-22(13-17-29(33)34-30(3,4)5)12-16-27(26)31-28(32)20-23-11-15-24-8-6-7-9-25(24)19-23/h6-13,15-19H,14,20H2,1-5H3,(H,31,32)/b17-13+. The highest BCUT2D eigenvalue weighted by atomic mass is 16.6. The number of allylic oxidation sites excluding steroid dienone is 2. The van der Waals surface area contributed by atoms with E-state index < -0.39 is 5.60 Å². The lowest BCUT2D eigenvalue weighted by molar-refractivity contribution is -0.148. The third-order valence-electron chi connectivity index (χ3n) is 5.13. The fourth-order valence-corrected chi connectivity index (χ4v) is 3.55. The van der Waals surface area contributed by atoms with E-state index in [0.717, 1.165) is 33.2 Å². The van der Waals surface area contributed by atoms with Gasteiger partial charge in [0.25, 0.3) is 0 Å². The maximum absolute atomic E-state index is 12.8. The van der Waals surface area contributed by atoms with Crippen molar-refractivity contribution in [2.24, 2.45) is 0 Å². The topological polar surface area (TPSA) is 55.4 Å². The van der Waals surface area contributed by atoms with Crippen LogP contribution in [0, 0.1) is 0 Å². The highest BCUT2D eigenvalue weighted by Gasteiger charge is 2.14. The Hall–Kier alpha value is -3.66. The minimum Gasteiger partial charge on any atom is -0.457 e. The van der Waals surface area contributed by atoms with E-state index in [1.54, 1.807) is 6.08 Å². The molecule has 0 aliphatic carbocycles. The lowest BCUT2D eigenvalue weighted by atomic mass is 10.0. The summed E-state index contributed by atoms with van der Waals surface area (Å²) in [5.74, 6) is -0.447. The van der Waals surface area contributed by atoms with Gasteiger partial charge in [0.2, 0.25) is 5.91 Å². The van der Waals surface area contributed by atoms with Gasteiger partial charge in [-0.05, 0) is 86.7 Å². The van der Waals surface area contributed by atoms with Crippen LogP contribution in [-0.2, 0) is 27.2 Å². The summed E-state index contributed by atoms with van der Waals surface area (Å²) in [5.41, 5.74) is 4.27. The van der Waals surface area contributed by atoms with Crippen molar-refractivity contribution in [3.63, 3.8) is 0 Å². The van der Waals surface area contributed by atoms with E-state index in [1.165, 1.54) is 11.6 Å². The number of hydrogen-bond acceptors (Lipinski definition) is 3. The number of ether oxygens (including phenoxy) is 1. The molecule has 0 bridgehead atoms. The lowest BCUT2D eigenvalue weighted by Crippen LogP contribution is -2.22. The Morgan fingerprint density at radius 2 is 1.68 bits per heavy atom. The van der Waals surface area contributed by atoms with Crippen LogP contribution in [0.25, 0.3) is 16.8 Å². The van der Waals surface area contributed by atoms with Gasteiger partial charge in [-0.3, -0.25) is 4.79 Å². The first kappa shape index (κ1) is 25.0. The second-order valence-electron chi connectivity index (χ2n) is 9.68. The molecule has 0 saturated carbocycles. The molecule has 0 aliphatic rings. The molecule has 0 aliphatic heterocycles. The predicted molar refractivity (Wildman–Crippen MR) is 141 cm³/mol. The first-order valence-electron chi connectivity index (χ1n) is 11.5. The van der Waals surface area contributed by atoms with Gasteiger partial charge >= 0.3 is 5.97 Å². The summed E-state index contributed by atoms with van der Waals surface area (Å²) in [5, 5.41) is 5.35. The van der Waals surface area contributed by atoms with Crippen molar-refractivity contribution in [2.75, 3.05) is 5.32 Å². The van der Waals surface area contributed by atoms with E-state index >= 15 is 0 Å². The molecule has 176 valence electrons. The van der Waals surface area contributed by atoms with Crippen molar-refractivity contribution >= 4 is 34.4 Å². The van der Waals surface area contributed by atoms with Gasteiger partial charge < -0.3 is 10.1 Å². The van der Waals surface area contributed by atoms with E-state index in [0.29, 0.717) is 12.8 Å². The molecule has 3 aromatic carbocycles. The quantitative estimate of drug-likeness (QED) is 0.240. The Bertz CT molecular complexity index is 1240. The molecule has 0 fully saturated rings. The zero-order valence-corrected chi connectivity index (χ0v) is 20.6. The van der Waals surface area contributed by atoms with Gasteiger partial charge in [0, 0.05) is 11.8 Å². The molecule has 3 aromatic rings. The van der Waals surface area contributed by atoms with E-state index in [-0.39, 0.29) is 11.9 Å². The van der Waals surface area contributed by atoms with E-state index in [2.05, 4.69) is 29.6 Å². The van der Waals surface area contributed by atoms with Crippen LogP contribution in [0.2, 0.25) is 0 Å². The van der Waals surface area contributed by atoms with Crippen molar-refractivity contribution in [3.05, 3.63) is 95.1 Å². The van der Waals surface area contributed by atoms with Gasteiger partial charge in [-0.25, -0.2) is 4.79 Å². The van der Waals surface area contributed by atoms with Crippen molar-refractivity contribution in [1.82, 2.24) is 0 Å². The van der Waals surface area contributed by atoms with Crippen LogP contribution in [0.5, 0.6) is 0 Å². The van der Waals surface area contributed by atoms with Crippen molar-refractivity contribution < 1.29 is 14.3 Å². The molecule has 1 amide bonds. The van der Waals surface area contributed by atoms with E-state index in [4.69, 9.17) is 4.74 Å². The zero-order chi connectivity index (χ0) is 24.7. The van der Waals surface area contributed by atoms with Gasteiger partial charge in [0.15, 0.2) is 0 Å². The molecule has 0 saturated heterocycles. The smallest absolute Gasteiger partial charge is 0.331 e. The van der Waals surface area contributed by atoms with Crippen LogP contribution >= 0.6 is 0 Å². The molecular formula is C30H33NO3. The normalized spacial score (nSPS) is 11.4. The van der Waals surface area contributed by atoms with Gasteiger partial charge in [-0.15, -0.1) is 0 Å². The first-order valence-corrected chi connectivity index (χ1v) is 11.5. The Morgan fingerprint density at radius 3 is 2.38 bits per heavy atom. The predicted octanol–water partition coefficient (Wildman–Crippen LogP) is 6.88. The van der Waals surface area contributed by atoms with E-state index in [1.807, 2.05) is 77.1 Å². The van der Waals surface area contributed by atoms with Crippen molar-refractivity contribution in [3.8, 4) is 0 Å². The Labute approximate surface area is 202 Å². The maximum atomic E-state index is 12.8. The van der Waals surface area contributed by atoms with Crippen LogP contribution in [0.4, 0.5) is 5.69 Å². The van der Waals surface area contributed by atoms with Gasteiger partial charge in [-0.1, -0.05) is 60.2 Å². The van der Waals surface area contributed by atoms with E-state index in [9.17, 15) is 9.59 Å². The van der Waals surface area contributed by atoms with Crippen LogP contribution in [-0.4, -0.2) is 17.5 Å². The molecule has 34 heavy (non-hydrogen) atoms. The first-order chi connectivity index (χ1) is 16.1. The third-order valence-corrected chi connectivity index (χ3v) is 5.13. The number of nitrogens with one attached hydrogen (secondary N) is 1. The van der Waals surface area contributed by atoms with Gasteiger partial charge in [-0.2, -0.15) is 0 Å². The number of anilines is 1. The molecule has 0 spiro atoms. The zero-order valence-electron chi connectivity index (χ0n) is 20.6. The monoisotopic (exact) mass is 455 g/mol. The molecule has 0 unspecified atom stereocenters. The van der Waals surface area contributed by atoms with Gasteiger partial charge in [0.05, 0.1) is 6.42 Å². The van der Waals surface area contributed by atoms with Crippen LogP contribution in [0.3, 0.4) is 0 Å². The fourth-order valence-electron chi connectivity index (χ4n) is 3.55. The largest absolute Gasteiger partial charge is 0.457 e. The highest BCUT2D eigenvalue weighted by Crippen LogP contribution is 2.22. The summed E-state index contributed by atoms with van der Waals surface area (Å²) in [6, 6.07) is 20.0. The molecule has 0 radical (unpaired) electrons. The Morgan fingerprint density at radius 1 is 0.941 bits per heavy atom. The summed E-state index contributed by atoms with van der Waals surface area (Å²) >= 11 is 0. The Kier molecular flexibility index (Phi) is 8.06. The number of carbonyl (C=O) groups is 2. The minimum atomic E-state index is -0.533. The average molecular weight is 456 g/mol. The number of amides is 1. The number of fused-ring (bicyclic) bond motifs is 1. The van der Waals surface area contributed by atoms with Crippen LogP contribution < -0.4 is 5.32 Å². The summed E-state index contributed by atoms with van der Waals surface area (Å²) in [7, 11) is 0. The fraction of sp³-hybridized carbons (Fsp3) is 0.267. The number of rotatable bonds is 7. The second kappa shape index (κ2) is 11.0. The number of esters is 1. The second-order valence-corrected chi connectivity index (χ2v) is 9.68. The van der Waals surface area contributed by atoms with Gasteiger partial charge in [0.1, 0.15) is 5.60 Å². The number of carbonyl (C=O) groups excluding carboxylic acids is 2. The number of hydrogen-bond donors (Lipinski definition) is 1. The molecule has 0 aromatic heterocycles. The minimum absolute atomic E-state index is 0.0641. The Balaban J connectivity index is 1.76. The van der Waals surface area contributed by atoms with Crippen molar-refractivity contribution in [1.29, 1.82) is 0 Å². The van der Waals surface area contributed by atoms with Crippen LogP contribution in [0.15, 0.2) is 78.4 Å². The lowest BCUT2D eigenvalue weighted by Gasteiger charge is -2.18. The average Bonchev–Trinajstić information content (AvgIpc) is 2.76. The SMILES string of the molecule is CC(C)=CCc1cc(/C=C/C(=O)OC(C)(C)C)ccc1NC(=O)Cc1ccc2ccccc2c1. The summed E-state index contributed by atoms with van der Waals surface area (Å²) < 4.78 is 5.34. The van der Waals surface area contributed by atoms with Crippen molar-refractivity contribution in [2.45, 2.75) is 53.1 Å². The molecule has 4 heteroatoms. The molecule has 3 rings (SSSR count). The molecule has 1 N–H and O–H groups in total. The maximum Gasteiger partial charge on any atom is 0.331 e. The summed E-state index contributed by atoms with van der Waals surface area (Å²) in [6.07, 6.45) is 6.27. The third kappa shape index (κ3) is 7.73. The highest BCUT2D eigenvalue weighted by molar-refractivity contribution is 5.94. The number of benzene rings is 3. The molecular weight excluding hydrogens is 422 g/mol. The summed E-state index contributed by atoms with van der Waals surface area (Å²) in [4.78, 5) is 24.9. The molecule has 4 nitrogen and oxygen atoms in total. The molecule has 0 atom stereocenters. The summed E-state index contributed by atoms with van der Waals surface area (Å²) in [6.45, 7) is 9.61.